The first-order chi connectivity index (χ1) is 10.9. The van der Waals surface area contributed by atoms with Gasteiger partial charge in [-0.1, -0.05) is 19.1 Å². The van der Waals surface area contributed by atoms with Gasteiger partial charge < -0.3 is 10.1 Å². The van der Waals surface area contributed by atoms with Crippen LogP contribution in [0.15, 0.2) is 30.3 Å². The lowest BCUT2D eigenvalue weighted by atomic mass is 10.1. The predicted octanol–water partition coefficient (Wildman–Crippen LogP) is 4.20. The molecule has 0 aliphatic heterocycles. The van der Waals surface area contributed by atoms with Crippen LogP contribution in [-0.4, -0.2) is 16.8 Å². The molecule has 0 amide bonds. The molecule has 0 atom stereocenters. The van der Waals surface area contributed by atoms with Crippen LogP contribution in [-0.2, 0) is 12.7 Å². The molecule has 0 fully saturated rings. The highest BCUT2D eigenvalue weighted by Gasteiger charge is 2.32. The Morgan fingerprint density at radius 1 is 1.13 bits per heavy atom. The molecule has 2 aromatic rings. The summed E-state index contributed by atoms with van der Waals surface area (Å²) in [5, 5.41) is 9.68. The largest absolute Gasteiger partial charge is 0.493 e. The molecule has 23 heavy (non-hydrogen) atoms. The van der Waals surface area contributed by atoms with Crippen molar-refractivity contribution in [1.29, 1.82) is 0 Å². The first-order valence-corrected chi connectivity index (χ1v) is 7.27. The van der Waals surface area contributed by atoms with Gasteiger partial charge in [0.25, 0.3) is 0 Å². The third-order valence-corrected chi connectivity index (χ3v) is 3.10. The third kappa shape index (κ3) is 4.84. The monoisotopic (exact) mass is 325 g/mol. The molecule has 1 aromatic carbocycles. The normalized spacial score (nSPS) is 11.3. The van der Waals surface area contributed by atoms with Gasteiger partial charge in [-0.2, -0.15) is 13.2 Å². The number of anilines is 1. The fraction of sp³-hybridized carbons (Fsp3) is 0.375. The average molecular weight is 325 g/mol. The molecule has 0 radical (unpaired) electrons. The molecular formula is C16H18F3N3O. The van der Waals surface area contributed by atoms with Crippen molar-refractivity contribution in [3.05, 3.63) is 47.2 Å². The number of hydrogen-bond donors (Lipinski definition) is 1. The molecule has 0 saturated heterocycles. The van der Waals surface area contributed by atoms with Crippen molar-refractivity contribution in [3.63, 3.8) is 0 Å². The summed E-state index contributed by atoms with van der Waals surface area (Å²) in [4.78, 5) is 0. The van der Waals surface area contributed by atoms with E-state index < -0.39 is 11.9 Å². The van der Waals surface area contributed by atoms with E-state index in [4.69, 9.17) is 4.74 Å². The van der Waals surface area contributed by atoms with Gasteiger partial charge in [0.15, 0.2) is 5.69 Å². The number of rotatable bonds is 6. The van der Waals surface area contributed by atoms with Crippen molar-refractivity contribution in [1.82, 2.24) is 10.2 Å². The Bertz CT molecular complexity index is 642. The van der Waals surface area contributed by atoms with Gasteiger partial charge in [-0.25, -0.2) is 0 Å². The fourth-order valence-corrected chi connectivity index (χ4v) is 1.92. The average Bonchev–Trinajstić information content (AvgIpc) is 2.51. The summed E-state index contributed by atoms with van der Waals surface area (Å²) in [5.41, 5.74) is 0.977. The molecule has 1 heterocycles. The third-order valence-electron chi connectivity index (χ3n) is 3.10. The summed E-state index contributed by atoms with van der Waals surface area (Å²) < 4.78 is 43.0. The van der Waals surface area contributed by atoms with Gasteiger partial charge in [0.05, 0.1) is 6.61 Å². The van der Waals surface area contributed by atoms with Crippen molar-refractivity contribution in [3.8, 4) is 5.75 Å². The van der Waals surface area contributed by atoms with E-state index in [0.29, 0.717) is 13.2 Å². The summed E-state index contributed by atoms with van der Waals surface area (Å²) >= 11 is 0. The maximum Gasteiger partial charge on any atom is 0.435 e. The van der Waals surface area contributed by atoms with E-state index in [1.807, 2.05) is 32.0 Å². The molecule has 0 aliphatic rings. The first-order valence-electron chi connectivity index (χ1n) is 7.27. The fourth-order valence-electron chi connectivity index (χ4n) is 1.92. The number of benzene rings is 1. The Kier molecular flexibility index (Phi) is 5.41. The number of halogens is 3. The van der Waals surface area contributed by atoms with Crippen LogP contribution in [0.1, 0.15) is 30.2 Å². The Morgan fingerprint density at radius 3 is 2.52 bits per heavy atom. The van der Waals surface area contributed by atoms with Gasteiger partial charge in [0, 0.05) is 12.1 Å². The smallest absolute Gasteiger partial charge is 0.435 e. The van der Waals surface area contributed by atoms with Gasteiger partial charge >= 0.3 is 6.18 Å². The topological polar surface area (TPSA) is 47.0 Å². The van der Waals surface area contributed by atoms with E-state index in [1.54, 1.807) is 0 Å². The molecule has 0 spiro atoms. The molecule has 0 bridgehead atoms. The summed E-state index contributed by atoms with van der Waals surface area (Å²) in [5.74, 6) is 1.04. The van der Waals surface area contributed by atoms with Crippen LogP contribution in [0.2, 0.25) is 0 Å². The highest BCUT2D eigenvalue weighted by molar-refractivity contribution is 5.41. The van der Waals surface area contributed by atoms with Crippen LogP contribution >= 0.6 is 0 Å². The van der Waals surface area contributed by atoms with Crippen LogP contribution < -0.4 is 10.1 Å². The van der Waals surface area contributed by atoms with E-state index in [2.05, 4.69) is 15.5 Å². The van der Waals surface area contributed by atoms with E-state index in [9.17, 15) is 13.2 Å². The maximum absolute atomic E-state index is 12.4. The van der Waals surface area contributed by atoms with Crippen molar-refractivity contribution in [2.75, 3.05) is 11.9 Å². The lowest BCUT2D eigenvalue weighted by molar-refractivity contribution is -0.141. The summed E-state index contributed by atoms with van der Waals surface area (Å²) in [6, 6.07) is 7.97. The predicted molar refractivity (Wildman–Crippen MR) is 81.3 cm³/mol. The van der Waals surface area contributed by atoms with E-state index in [0.717, 1.165) is 29.4 Å². The summed E-state index contributed by atoms with van der Waals surface area (Å²) in [6.07, 6.45) is -3.59. The SMILES string of the molecule is CCCOc1cc(C)ccc1CNc1ccc(C(F)(F)F)nn1. The van der Waals surface area contributed by atoms with Crippen LogP contribution in [0.25, 0.3) is 0 Å². The molecule has 2 rings (SSSR count). The quantitative estimate of drug-likeness (QED) is 0.864. The number of hydrogen-bond acceptors (Lipinski definition) is 4. The minimum Gasteiger partial charge on any atom is -0.493 e. The van der Waals surface area contributed by atoms with Crippen molar-refractivity contribution < 1.29 is 17.9 Å². The Balaban J connectivity index is 2.05. The number of ether oxygens (including phenoxy) is 1. The Labute approximate surface area is 132 Å². The lowest BCUT2D eigenvalue weighted by Crippen LogP contribution is -2.11. The highest BCUT2D eigenvalue weighted by atomic mass is 19.4. The minimum absolute atomic E-state index is 0.278. The molecule has 7 heteroatoms. The zero-order chi connectivity index (χ0) is 16.9. The molecule has 4 nitrogen and oxygen atoms in total. The van der Waals surface area contributed by atoms with Gasteiger partial charge in [-0.3, -0.25) is 0 Å². The van der Waals surface area contributed by atoms with Crippen LogP contribution in [0.3, 0.4) is 0 Å². The van der Waals surface area contributed by atoms with Crippen molar-refractivity contribution >= 4 is 5.82 Å². The second-order valence-electron chi connectivity index (χ2n) is 5.11. The summed E-state index contributed by atoms with van der Waals surface area (Å²) in [6.45, 7) is 4.98. The van der Waals surface area contributed by atoms with Crippen molar-refractivity contribution in [2.45, 2.75) is 33.0 Å². The molecule has 1 N–H and O–H groups in total. The number of aryl methyl sites for hydroxylation is 1. The van der Waals surface area contributed by atoms with Gasteiger partial charge in [0.2, 0.25) is 0 Å². The van der Waals surface area contributed by atoms with Gasteiger partial charge in [-0.05, 0) is 37.1 Å². The number of alkyl halides is 3. The van der Waals surface area contributed by atoms with E-state index in [-0.39, 0.29) is 5.82 Å². The summed E-state index contributed by atoms with van der Waals surface area (Å²) in [7, 11) is 0. The van der Waals surface area contributed by atoms with Gasteiger partial charge in [-0.15, -0.1) is 10.2 Å². The Hall–Kier alpha value is -2.31. The zero-order valence-electron chi connectivity index (χ0n) is 12.9. The molecule has 1 aromatic heterocycles. The Morgan fingerprint density at radius 2 is 1.91 bits per heavy atom. The lowest BCUT2D eigenvalue weighted by Gasteiger charge is -2.13. The van der Waals surface area contributed by atoms with Gasteiger partial charge in [0.1, 0.15) is 11.6 Å². The van der Waals surface area contributed by atoms with Crippen molar-refractivity contribution in [2.24, 2.45) is 0 Å². The van der Waals surface area contributed by atoms with Crippen LogP contribution in [0.4, 0.5) is 19.0 Å². The molecular weight excluding hydrogens is 307 g/mol. The van der Waals surface area contributed by atoms with E-state index >= 15 is 0 Å². The second kappa shape index (κ2) is 7.30. The van der Waals surface area contributed by atoms with Crippen LogP contribution in [0, 0.1) is 6.92 Å². The highest BCUT2D eigenvalue weighted by Crippen LogP contribution is 2.27. The number of nitrogens with zero attached hydrogens (tertiary/aromatic N) is 2. The minimum atomic E-state index is -4.48. The molecule has 124 valence electrons. The molecule has 0 saturated carbocycles. The number of aromatic nitrogens is 2. The number of nitrogens with one attached hydrogen (secondary N) is 1. The molecule has 0 unspecified atom stereocenters. The second-order valence-corrected chi connectivity index (χ2v) is 5.11. The molecule has 0 aliphatic carbocycles. The first kappa shape index (κ1) is 17.1. The van der Waals surface area contributed by atoms with Crippen LogP contribution in [0.5, 0.6) is 5.75 Å². The van der Waals surface area contributed by atoms with E-state index in [1.165, 1.54) is 6.07 Å². The standard InChI is InChI=1S/C16H18F3N3O/c1-3-8-23-13-9-11(2)4-5-12(13)10-20-15-7-6-14(21-22-15)16(17,18)19/h4-7,9H,3,8,10H2,1-2H3,(H,20,22). The zero-order valence-corrected chi connectivity index (χ0v) is 12.9. The maximum atomic E-state index is 12.4.